The predicted octanol–water partition coefficient (Wildman–Crippen LogP) is 3.05. The van der Waals surface area contributed by atoms with Crippen LogP contribution >= 0.6 is 12.2 Å². The van der Waals surface area contributed by atoms with E-state index >= 15 is 0 Å². The summed E-state index contributed by atoms with van der Waals surface area (Å²) in [4.78, 5) is 0. The third-order valence-corrected chi connectivity index (χ3v) is 3.12. The SMILES string of the molecule is C[C@H](NC(=S)NCCc1ccccc1)c1ccco1. The topological polar surface area (TPSA) is 37.2 Å². The van der Waals surface area contributed by atoms with E-state index in [4.69, 9.17) is 16.6 Å². The molecule has 0 unspecified atom stereocenters. The maximum atomic E-state index is 5.32. The average molecular weight is 274 g/mol. The van der Waals surface area contributed by atoms with Crippen molar-refractivity contribution >= 4 is 17.3 Å². The first-order valence-corrected chi connectivity index (χ1v) is 6.78. The predicted molar refractivity (Wildman–Crippen MR) is 81.0 cm³/mol. The number of nitrogens with one attached hydrogen (secondary N) is 2. The summed E-state index contributed by atoms with van der Waals surface area (Å²) in [5.41, 5.74) is 1.30. The Hall–Kier alpha value is -1.81. The van der Waals surface area contributed by atoms with Crippen LogP contribution in [-0.2, 0) is 6.42 Å². The van der Waals surface area contributed by atoms with Gasteiger partial charge < -0.3 is 15.1 Å². The van der Waals surface area contributed by atoms with Gasteiger partial charge in [0.05, 0.1) is 12.3 Å². The summed E-state index contributed by atoms with van der Waals surface area (Å²) >= 11 is 5.26. The molecule has 0 amide bonds. The van der Waals surface area contributed by atoms with Gasteiger partial charge >= 0.3 is 0 Å². The number of hydrogen-bond donors (Lipinski definition) is 2. The van der Waals surface area contributed by atoms with E-state index in [0.717, 1.165) is 18.7 Å². The summed E-state index contributed by atoms with van der Waals surface area (Å²) in [7, 11) is 0. The summed E-state index contributed by atoms with van der Waals surface area (Å²) in [6, 6.07) is 14.2. The molecule has 0 aliphatic rings. The minimum Gasteiger partial charge on any atom is -0.467 e. The highest BCUT2D eigenvalue weighted by Crippen LogP contribution is 2.11. The van der Waals surface area contributed by atoms with E-state index < -0.39 is 0 Å². The highest BCUT2D eigenvalue weighted by Gasteiger charge is 2.08. The second-order valence-corrected chi connectivity index (χ2v) is 4.78. The molecule has 1 heterocycles. The Morgan fingerprint density at radius 2 is 2.00 bits per heavy atom. The van der Waals surface area contributed by atoms with E-state index in [9.17, 15) is 0 Å². The second kappa shape index (κ2) is 6.95. The van der Waals surface area contributed by atoms with Crippen LogP contribution in [0.15, 0.2) is 53.1 Å². The third kappa shape index (κ3) is 4.41. The molecule has 19 heavy (non-hydrogen) atoms. The van der Waals surface area contributed by atoms with Crippen molar-refractivity contribution in [3.8, 4) is 0 Å². The highest BCUT2D eigenvalue weighted by molar-refractivity contribution is 7.80. The Balaban J connectivity index is 1.70. The standard InChI is InChI=1S/C15H18N2OS/c1-12(14-8-5-11-18-14)17-15(19)16-10-9-13-6-3-2-4-7-13/h2-8,11-12H,9-10H2,1H3,(H2,16,17,19)/t12-/m0/s1. The molecule has 100 valence electrons. The van der Waals surface area contributed by atoms with Crippen LogP contribution < -0.4 is 10.6 Å². The number of rotatable bonds is 5. The van der Waals surface area contributed by atoms with Crippen molar-refractivity contribution in [2.24, 2.45) is 0 Å². The average Bonchev–Trinajstić information content (AvgIpc) is 2.94. The highest BCUT2D eigenvalue weighted by atomic mass is 32.1. The maximum absolute atomic E-state index is 5.32. The monoisotopic (exact) mass is 274 g/mol. The Kier molecular flexibility index (Phi) is 4.98. The Bertz CT molecular complexity index is 496. The van der Waals surface area contributed by atoms with Crippen LogP contribution in [0.3, 0.4) is 0 Å². The number of thiocarbonyl (C=S) groups is 1. The molecular formula is C15H18N2OS. The summed E-state index contributed by atoms with van der Waals surface area (Å²) in [5.74, 6) is 0.882. The Morgan fingerprint density at radius 3 is 2.68 bits per heavy atom. The molecule has 0 aliphatic heterocycles. The molecule has 0 saturated carbocycles. The first-order valence-electron chi connectivity index (χ1n) is 6.37. The summed E-state index contributed by atoms with van der Waals surface area (Å²) in [6.45, 7) is 2.84. The largest absolute Gasteiger partial charge is 0.467 e. The van der Waals surface area contributed by atoms with Gasteiger partial charge in [0.15, 0.2) is 5.11 Å². The lowest BCUT2D eigenvalue weighted by Gasteiger charge is -2.15. The van der Waals surface area contributed by atoms with Gasteiger partial charge in [0, 0.05) is 6.54 Å². The van der Waals surface area contributed by atoms with Crippen molar-refractivity contribution in [3.05, 3.63) is 60.1 Å². The molecule has 0 bridgehead atoms. The van der Waals surface area contributed by atoms with Crippen molar-refractivity contribution in [1.82, 2.24) is 10.6 Å². The lowest BCUT2D eigenvalue weighted by molar-refractivity contribution is 0.462. The van der Waals surface area contributed by atoms with Crippen molar-refractivity contribution in [3.63, 3.8) is 0 Å². The smallest absolute Gasteiger partial charge is 0.166 e. The molecule has 3 nitrogen and oxygen atoms in total. The lowest BCUT2D eigenvalue weighted by Crippen LogP contribution is -2.37. The van der Waals surface area contributed by atoms with Gasteiger partial charge in [-0.15, -0.1) is 0 Å². The fourth-order valence-corrected chi connectivity index (χ4v) is 2.10. The van der Waals surface area contributed by atoms with Crippen LogP contribution in [0.4, 0.5) is 0 Å². The van der Waals surface area contributed by atoms with Gasteiger partial charge in [0.2, 0.25) is 0 Å². The summed E-state index contributed by atoms with van der Waals surface area (Å²) in [6.07, 6.45) is 2.62. The quantitative estimate of drug-likeness (QED) is 0.822. The van der Waals surface area contributed by atoms with Crippen molar-refractivity contribution < 1.29 is 4.42 Å². The summed E-state index contributed by atoms with van der Waals surface area (Å²) in [5, 5.41) is 7.05. The zero-order valence-corrected chi connectivity index (χ0v) is 11.7. The van der Waals surface area contributed by atoms with Gasteiger partial charge in [-0.2, -0.15) is 0 Å². The fourth-order valence-electron chi connectivity index (χ4n) is 1.82. The molecule has 2 rings (SSSR count). The molecule has 0 spiro atoms. The van der Waals surface area contributed by atoms with Gasteiger partial charge in [0.1, 0.15) is 5.76 Å². The Labute approximate surface area is 119 Å². The molecule has 0 radical (unpaired) electrons. The van der Waals surface area contributed by atoms with Gasteiger partial charge in [0.25, 0.3) is 0 Å². The third-order valence-electron chi connectivity index (χ3n) is 2.86. The molecule has 2 N–H and O–H groups in total. The molecular weight excluding hydrogens is 256 g/mol. The van der Waals surface area contributed by atoms with Crippen LogP contribution in [0.5, 0.6) is 0 Å². The molecule has 1 atom stereocenters. The van der Waals surface area contributed by atoms with Crippen LogP contribution in [-0.4, -0.2) is 11.7 Å². The van der Waals surface area contributed by atoms with E-state index in [0.29, 0.717) is 5.11 Å². The normalized spacial score (nSPS) is 11.8. The van der Waals surface area contributed by atoms with Gasteiger partial charge in [-0.3, -0.25) is 0 Å². The molecule has 2 aromatic rings. The van der Waals surface area contributed by atoms with Gasteiger partial charge in [-0.1, -0.05) is 30.3 Å². The molecule has 0 aliphatic carbocycles. The number of furan rings is 1. The van der Waals surface area contributed by atoms with Crippen LogP contribution in [0, 0.1) is 0 Å². The van der Waals surface area contributed by atoms with E-state index in [1.54, 1.807) is 6.26 Å². The first kappa shape index (κ1) is 13.6. The van der Waals surface area contributed by atoms with E-state index in [1.165, 1.54) is 5.56 Å². The van der Waals surface area contributed by atoms with E-state index in [2.05, 4.69) is 22.8 Å². The van der Waals surface area contributed by atoms with E-state index in [1.807, 2.05) is 37.3 Å². The van der Waals surface area contributed by atoms with Crippen LogP contribution in [0.1, 0.15) is 24.3 Å². The number of hydrogen-bond acceptors (Lipinski definition) is 2. The minimum absolute atomic E-state index is 0.0757. The molecule has 1 aromatic heterocycles. The maximum Gasteiger partial charge on any atom is 0.166 e. The lowest BCUT2D eigenvalue weighted by atomic mass is 10.1. The summed E-state index contributed by atoms with van der Waals surface area (Å²) < 4.78 is 5.32. The molecule has 0 saturated heterocycles. The van der Waals surface area contributed by atoms with Gasteiger partial charge in [-0.25, -0.2) is 0 Å². The van der Waals surface area contributed by atoms with Crippen LogP contribution in [0.25, 0.3) is 0 Å². The number of benzene rings is 1. The second-order valence-electron chi connectivity index (χ2n) is 4.37. The first-order chi connectivity index (χ1) is 9.25. The van der Waals surface area contributed by atoms with Crippen molar-refractivity contribution in [2.45, 2.75) is 19.4 Å². The zero-order chi connectivity index (χ0) is 13.5. The van der Waals surface area contributed by atoms with Crippen LogP contribution in [0.2, 0.25) is 0 Å². The molecule has 4 heteroatoms. The fraction of sp³-hybridized carbons (Fsp3) is 0.267. The van der Waals surface area contributed by atoms with Gasteiger partial charge in [-0.05, 0) is 43.3 Å². The van der Waals surface area contributed by atoms with Crippen molar-refractivity contribution in [2.75, 3.05) is 6.54 Å². The molecule has 0 fully saturated rings. The minimum atomic E-state index is 0.0757. The molecule has 1 aromatic carbocycles. The van der Waals surface area contributed by atoms with Crippen molar-refractivity contribution in [1.29, 1.82) is 0 Å². The zero-order valence-electron chi connectivity index (χ0n) is 10.9. The van der Waals surface area contributed by atoms with E-state index in [-0.39, 0.29) is 6.04 Å². The Morgan fingerprint density at radius 1 is 1.21 bits per heavy atom.